The van der Waals surface area contributed by atoms with Gasteiger partial charge in [-0.25, -0.2) is 0 Å². The Morgan fingerprint density at radius 3 is 1.31 bits per heavy atom. The first-order valence-electron chi connectivity index (χ1n) is 12.0. The smallest absolute Gasteiger partial charge is 0.494 e. The van der Waals surface area contributed by atoms with Crippen molar-refractivity contribution in [3.8, 4) is 11.5 Å². The molecule has 7 nitrogen and oxygen atoms in total. The third kappa shape index (κ3) is 11.3. The molecule has 0 aliphatic heterocycles. The highest BCUT2D eigenvalue weighted by molar-refractivity contribution is 6.66. The van der Waals surface area contributed by atoms with Crippen LogP contribution in [-0.2, 0) is 22.1 Å². The second kappa shape index (κ2) is 16.6. The average molecular weight is 489 g/mol. The van der Waals surface area contributed by atoms with Gasteiger partial charge < -0.3 is 31.6 Å². The predicted molar refractivity (Wildman–Crippen MR) is 132 cm³/mol. The minimum absolute atomic E-state index is 0.584. The fourth-order valence-electron chi connectivity index (χ4n) is 3.49. The monoisotopic (exact) mass is 488 g/mol. The third-order valence-corrected chi connectivity index (χ3v) is 11.0. The Kier molecular flexibility index (Phi) is 15.1. The summed E-state index contributed by atoms with van der Waals surface area (Å²) in [6.45, 7) is 16.4. The fraction of sp³-hybridized carbons (Fsp3) is 0.739. The Balaban J connectivity index is 2.38. The lowest BCUT2D eigenvalue weighted by atomic mass is 10.3. The van der Waals surface area contributed by atoms with E-state index in [1.54, 1.807) is 0 Å². The third-order valence-electron chi connectivity index (χ3n) is 4.76. The van der Waals surface area contributed by atoms with Crippen LogP contribution in [0.3, 0.4) is 0 Å². The second-order valence-corrected chi connectivity index (χ2v) is 13.4. The van der Waals surface area contributed by atoms with Crippen molar-refractivity contribution >= 4 is 17.4 Å². The Labute approximate surface area is 197 Å². The first-order chi connectivity index (χ1) is 15.5. The zero-order valence-electron chi connectivity index (χ0n) is 20.9. The highest BCUT2D eigenvalue weighted by Crippen LogP contribution is 2.22. The largest absolute Gasteiger partial charge is 0.501 e. The van der Waals surface area contributed by atoms with Gasteiger partial charge in [-0.15, -0.1) is 0 Å². The summed E-state index contributed by atoms with van der Waals surface area (Å²) in [5, 5.41) is 0. The van der Waals surface area contributed by atoms with Crippen LogP contribution in [0.25, 0.3) is 0 Å². The lowest BCUT2D eigenvalue weighted by Crippen LogP contribution is -2.46. The van der Waals surface area contributed by atoms with Gasteiger partial charge in [-0.3, -0.25) is 0 Å². The van der Waals surface area contributed by atoms with Crippen molar-refractivity contribution in [3.05, 3.63) is 24.3 Å². The first kappa shape index (κ1) is 29.1. The van der Waals surface area contributed by atoms with E-state index in [4.69, 9.17) is 31.6 Å². The molecule has 0 spiro atoms. The van der Waals surface area contributed by atoms with Crippen LogP contribution in [0.15, 0.2) is 24.3 Å². The van der Waals surface area contributed by atoms with Crippen LogP contribution in [-0.4, -0.2) is 63.6 Å². The van der Waals surface area contributed by atoms with E-state index in [-0.39, 0.29) is 0 Å². The SMILES string of the molecule is CCO[Si](C)(CCCOc1ccc(OCCC[Si](OCC)(OCC)OCC)cc1)OCC. The molecule has 32 heavy (non-hydrogen) atoms. The quantitative estimate of drug-likeness (QED) is 0.179. The van der Waals surface area contributed by atoms with Gasteiger partial charge >= 0.3 is 17.4 Å². The van der Waals surface area contributed by atoms with Crippen molar-refractivity contribution in [2.75, 3.05) is 46.2 Å². The van der Waals surface area contributed by atoms with Gasteiger partial charge in [0.25, 0.3) is 0 Å². The van der Waals surface area contributed by atoms with Crippen LogP contribution >= 0.6 is 0 Å². The van der Waals surface area contributed by atoms with Gasteiger partial charge in [0.05, 0.1) is 13.2 Å². The highest BCUT2D eigenvalue weighted by Gasteiger charge is 2.39. The van der Waals surface area contributed by atoms with Crippen LogP contribution in [0.5, 0.6) is 11.5 Å². The first-order valence-corrected chi connectivity index (χ1v) is 16.5. The summed E-state index contributed by atoms with van der Waals surface area (Å²) < 4.78 is 41.1. The van der Waals surface area contributed by atoms with E-state index in [0.29, 0.717) is 46.2 Å². The zero-order chi connectivity index (χ0) is 23.7. The normalized spacial score (nSPS) is 12.2. The van der Waals surface area contributed by atoms with E-state index in [1.165, 1.54) is 0 Å². The fourth-order valence-corrected chi connectivity index (χ4v) is 8.45. The molecule has 0 saturated heterocycles. The molecule has 186 valence electrons. The molecule has 0 amide bonds. The molecule has 0 fully saturated rings. The Morgan fingerprint density at radius 1 is 0.562 bits per heavy atom. The number of hydrogen-bond acceptors (Lipinski definition) is 7. The topological polar surface area (TPSA) is 64.6 Å². The van der Waals surface area contributed by atoms with E-state index in [1.807, 2.05) is 58.9 Å². The molecule has 1 aromatic carbocycles. The van der Waals surface area contributed by atoms with Gasteiger partial charge in [-0.05, 0) is 84.3 Å². The summed E-state index contributed by atoms with van der Waals surface area (Å²) >= 11 is 0. The van der Waals surface area contributed by atoms with Gasteiger partial charge in [-0.1, -0.05) is 0 Å². The van der Waals surface area contributed by atoms with Gasteiger partial charge in [0.1, 0.15) is 11.5 Å². The molecule has 1 rings (SSSR count). The van der Waals surface area contributed by atoms with Crippen molar-refractivity contribution in [1.82, 2.24) is 0 Å². The summed E-state index contributed by atoms with van der Waals surface area (Å²) in [6.07, 6.45) is 1.72. The summed E-state index contributed by atoms with van der Waals surface area (Å²) in [4.78, 5) is 0. The van der Waals surface area contributed by atoms with Gasteiger partial charge in [0.2, 0.25) is 0 Å². The lowest BCUT2D eigenvalue weighted by Gasteiger charge is -2.28. The van der Waals surface area contributed by atoms with Crippen LogP contribution in [0.1, 0.15) is 47.5 Å². The Bertz CT molecular complexity index is 563. The van der Waals surface area contributed by atoms with E-state index in [0.717, 1.165) is 36.4 Å². The molecule has 0 bridgehead atoms. The van der Waals surface area contributed by atoms with E-state index < -0.39 is 17.4 Å². The maximum Gasteiger partial charge on any atom is 0.501 e. The average Bonchev–Trinajstić information content (AvgIpc) is 2.76. The van der Waals surface area contributed by atoms with Crippen molar-refractivity contribution in [2.45, 2.75) is 66.1 Å². The van der Waals surface area contributed by atoms with Gasteiger partial charge in [0, 0.05) is 39.1 Å². The van der Waals surface area contributed by atoms with Crippen molar-refractivity contribution < 1.29 is 31.6 Å². The number of ether oxygens (including phenoxy) is 2. The molecular formula is C23H44O7Si2. The molecule has 0 atom stereocenters. The van der Waals surface area contributed by atoms with Crippen LogP contribution in [0, 0.1) is 0 Å². The molecule has 0 radical (unpaired) electrons. The molecule has 0 N–H and O–H groups in total. The molecule has 0 heterocycles. The molecule has 0 aliphatic rings. The molecule has 0 aliphatic carbocycles. The minimum Gasteiger partial charge on any atom is -0.494 e. The minimum atomic E-state index is -2.60. The van der Waals surface area contributed by atoms with Gasteiger partial charge in [0.15, 0.2) is 0 Å². The second-order valence-electron chi connectivity index (χ2n) is 7.36. The summed E-state index contributed by atoms with van der Waals surface area (Å²) in [5.74, 6) is 1.66. The predicted octanol–water partition coefficient (Wildman–Crippen LogP) is 5.42. The van der Waals surface area contributed by atoms with Crippen LogP contribution in [0.4, 0.5) is 0 Å². The van der Waals surface area contributed by atoms with Crippen molar-refractivity contribution in [3.63, 3.8) is 0 Å². The number of hydrogen-bond donors (Lipinski definition) is 0. The molecule has 0 saturated carbocycles. The number of rotatable bonds is 20. The summed E-state index contributed by atoms with van der Waals surface area (Å²) in [7, 11) is -4.67. The van der Waals surface area contributed by atoms with Crippen molar-refractivity contribution in [1.29, 1.82) is 0 Å². The molecular weight excluding hydrogens is 444 g/mol. The van der Waals surface area contributed by atoms with E-state index in [2.05, 4.69) is 6.55 Å². The molecule has 9 heteroatoms. The van der Waals surface area contributed by atoms with Crippen LogP contribution < -0.4 is 9.47 Å². The van der Waals surface area contributed by atoms with Crippen LogP contribution in [0.2, 0.25) is 18.6 Å². The molecule has 0 aromatic heterocycles. The molecule has 1 aromatic rings. The summed E-state index contributed by atoms with van der Waals surface area (Å²) in [6, 6.07) is 9.43. The Hall–Kier alpha value is -0.946. The maximum atomic E-state index is 5.89. The summed E-state index contributed by atoms with van der Waals surface area (Å²) in [5.41, 5.74) is 0. The Morgan fingerprint density at radius 2 is 0.938 bits per heavy atom. The zero-order valence-corrected chi connectivity index (χ0v) is 22.9. The number of benzene rings is 1. The van der Waals surface area contributed by atoms with E-state index in [9.17, 15) is 0 Å². The molecule has 0 unspecified atom stereocenters. The van der Waals surface area contributed by atoms with E-state index >= 15 is 0 Å². The van der Waals surface area contributed by atoms with Crippen molar-refractivity contribution in [2.24, 2.45) is 0 Å². The lowest BCUT2D eigenvalue weighted by molar-refractivity contribution is 0.0696. The highest BCUT2D eigenvalue weighted by atomic mass is 28.4. The van der Waals surface area contributed by atoms with Gasteiger partial charge in [-0.2, -0.15) is 0 Å². The maximum absolute atomic E-state index is 5.89. The standard InChI is InChI=1S/C23H44O7Si2/c1-7-26-31(6,27-8-2)20-12-18-24-22-14-16-23(17-15-22)25-19-13-21-32(28-9-3,29-10-4)30-11-5/h14-17H,7-13,18-21H2,1-6H3.